The van der Waals surface area contributed by atoms with Crippen molar-refractivity contribution in [2.75, 3.05) is 7.11 Å². The second kappa shape index (κ2) is 14.2. The Kier molecular flexibility index (Phi) is 12.6. The number of unbranched alkanes of at least 4 members (excludes halogenated alkanes) is 9. The summed E-state index contributed by atoms with van der Waals surface area (Å²) in [5.74, 6) is 0.984. The molecule has 0 aliphatic rings. The van der Waals surface area contributed by atoms with Crippen LogP contribution < -0.4 is 4.74 Å². The molecule has 0 unspecified atom stereocenters. The highest BCUT2D eigenvalue weighted by Gasteiger charge is 2.08. The van der Waals surface area contributed by atoms with Gasteiger partial charge < -0.3 is 9.84 Å². The summed E-state index contributed by atoms with van der Waals surface area (Å²) in [5, 5.41) is 9.88. The van der Waals surface area contributed by atoms with Gasteiger partial charge in [0.2, 0.25) is 0 Å². The number of methoxy groups -OCH3 is 1. The summed E-state index contributed by atoms with van der Waals surface area (Å²) in [4.78, 5) is 0. The fourth-order valence-corrected chi connectivity index (χ4v) is 3.39. The zero-order valence-electron chi connectivity index (χ0n) is 16.0. The van der Waals surface area contributed by atoms with Crippen molar-refractivity contribution in [2.24, 2.45) is 0 Å². The van der Waals surface area contributed by atoms with Crippen LogP contribution in [-0.4, -0.2) is 12.2 Å². The molecule has 0 atom stereocenters. The molecule has 1 rings (SSSR count). The van der Waals surface area contributed by atoms with Crippen LogP contribution in [0.4, 0.5) is 0 Å². The highest BCUT2D eigenvalue weighted by molar-refractivity contribution is 9.10. The number of aryl methyl sites for hydroxylation is 1. The molecule has 0 bridgehead atoms. The minimum atomic E-state index is 0.262. The van der Waals surface area contributed by atoms with E-state index >= 15 is 0 Å². The molecule has 0 amide bonds. The van der Waals surface area contributed by atoms with Gasteiger partial charge in [0.25, 0.3) is 0 Å². The van der Waals surface area contributed by atoms with Gasteiger partial charge in [-0.05, 0) is 59.7 Å². The smallest absolute Gasteiger partial charge is 0.133 e. The van der Waals surface area contributed by atoms with Crippen LogP contribution in [0.25, 0.3) is 0 Å². The first-order valence-electron chi connectivity index (χ1n) is 9.89. The summed E-state index contributed by atoms with van der Waals surface area (Å²) in [6.07, 6.45) is 19.9. The SMILES string of the molecule is CCCC/C=C\CCCCCCCCCc1cc(OC)cc(O)c1Br. The van der Waals surface area contributed by atoms with Crippen LogP contribution in [0.2, 0.25) is 0 Å². The lowest BCUT2D eigenvalue weighted by Gasteiger charge is -2.09. The summed E-state index contributed by atoms with van der Waals surface area (Å²) < 4.78 is 6.03. The van der Waals surface area contributed by atoms with Gasteiger partial charge in [-0.3, -0.25) is 0 Å². The molecule has 1 aromatic rings. The van der Waals surface area contributed by atoms with Gasteiger partial charge in [0, 0.05) is 6.07 Å². The number of hydrogen-bond donors (Lipinski definition) is 1. The van der Waals surface area contributed by atoms with E-state index in [0.29, 0.717) is 0 Å². The number of aromatic hydroxyl groups is 1. The fourth-order valence-electron chi connectivity index (χ4n) is 2.96. The van der Waals surface area contributed by atoms with Gasteiger partial charge in [-0.2, -0.15) is 0 Å². The van der Waals surface area contributed by atoms with Gasteiger partial charge in [0.1, 0.15) is 11.5 Å². The van der Waals surface area contributed by atoms with E-state index in [4.69, 9.17) is 4.74 Å². The van der Waals surface area contributed by atoms with Crippen LogP contribution in [0.15, 0.2) is 28.8 Å². The first-order chi connectivity index (χ1) is 12.2. The Bertz CT molecular complexity index is 497. The quantitative estimate of drug-likeness (QED) is 0.253. The Labute approximate surface area is 162 Å². The maximum absolute atomic E-state index is 9.88. The van der Waals surface area contributed by atoms with Crippen LogP contribution in [0, 0.1) is 0 Å². The van der Waals surface area contributed by atoms with Crippen molar-refractivity contribution >= 4 is 15.9 Å². The third kappa shape index (κ3) is 9.94. The monoisotopic (exact) mass is 410 g/mol. The summed E-state index contributed by atoms with van der Waals surface area (Å²) in [7, 11) is 1.63. The van der Waals surface area contributed by atoms with Crippen molar-refractivity contribution in [3.8, 4) is 11.5 Å². The summed E-state index contributed by atoms with van der Waals surface area (Å²) in [6.45, 7) is 2.24. The zero-order chi connectivity index (χ0) is 18.3. The minimum absolute atomic E-state index is 0.262. The second-order valence-corrected chi connectivity index (χ2v) is 7.54. The van der Waals surface area contributed by atoms with Gasteiger partial charge in [-0.1, -0.05) is 64.0 Å². The molecule has 2 nitrogen and oxygen atoms in total. The fraction of sp³-hybridized carbons (Fsp3) is 0.636. The van der Waals surface area contributed by atoms with Crippen LogP contribution in [0.3, 0.4) is 0 Å². The lowest BCUT2D eigenvalue weighted by atomic mass is 10.0. The maximum atomic E-state index is 9.88. The van der Waals surface area contributed by atoms with Gasteiger partial charge in [0.15, 0.2) is 0 Å². The molecular formula is C22H35BrO2. The van der Waals surface area contributed by atoms with Crippen molar-refractivity contribution in [3.05, 3.63) is 34.3 Å². The summed E-state index contributed by atoms with van der Waals surface area (Å²) in [5.41, 5.74) is 1.13. The van der Waals surface area contributed by atoms with Crippen LogP contribution >= 0.6 is 15.9 Å². The average molecular weight is 411 g/mol. The predicted octanol–water partition coefficient (Wildman–Crippen LogP) is 7.57. The molecule has 142 valence electrons. The predicted molar refractivity (Wildman–Crippen MR) is 112 cm³/mol. The van der Waals surface area contributed by atoms with E-state index in [1.807, 2.05) is 6.07 Å². The Morgan fingerprint density at radius 3 is 2.16 bits per heavy atom. The van der Waals surface area contributed by atoms with Crippen LogP contribution in [-0.2, 0) is 6.42 Å². The topological polar surface area (TPSA) is 29.5 Å². The average Bonchev–Trinajstić information content (AvgIpc) is 2.62. The van der Waals surface area contributed by atoms with E-state index in [0.717, 1.165) is 28.6 Å². The number of allylic oxidation sites excluding steroid dienone is 2. The van der Waals surface area contributed by atoms with Crippen molar-refractivity contribution in [1.82, 2.24) is 0 Å². The summed E-state index contributed by atoms with van der Waals surface area (Å²) in [6, 6.07) is 3.66. The Hall–Kier alpha value is -0.960. The van der Waals surface area contributed by atoms with E-state index in [9.17, 15) is 5.11 Å². The molecule has 0 radical (unpaired) electrons. The molecule has 0 aromatic heterocycles. The molecule has 0 fully saturated rings. The maximum Gasteiger partial charge on any atom is 0.133 e. The third-order valence-corrected chi connectivity index (χ3v) is 5.46. The number of benzene rings is 1. The third-order valence-electron chi connectivity index (χ3n) is 4.55. The van der Waals surface area contributed by atoms with Gasteiger partial charge in [0.05, 0.1) is 11.6 Å². The molecule has 1 aromatic carbocycles. The van der Waals surface area contributed by atoms with Crippen molar-refractivity contribution < 1.29 is 9.84 Å². The molecule has 0 saturated heterocycles. The molecule has 1 N–H and O–H groups in total. The van der Waals surface area contributed by atoms with E-state index in [1.165, 1.54) is 64.2 Å². The van der Waals surface area contributed by atoms with E-state index in [1.54, 1.807) is 13.2 Å². The number of ether oxygens (including phenoxy) is 1. The first-order valence-corrected chi connectivity index (χ1v) is 10.7. The Morgan fingerprint density at radius 2 is 1.52 bits per heavy atom. The minimum Gasteiger partial charge on any atom is -0.507 e. The van der Waals surface area contributed by atoms with Crippen molar-refractivity contribution in [2.45, 2.75) is 84.0 Å². The molecule has 0 aliphatic carbocycles. The number of phenolic OH excluding ortho intramolecular Hbond substituents is 1. The first kappa shape index (κ1) is 22.1. The lowest BCUT2D eigenvalue weighted by Crippen LogP contribution is -1.91. The van der Waals surface area contributed by atoms with E-state index in [-0.39, 0.29) is 5.75 Å². The van der Waals surface area contributed by atoms with Crippen LogP contribution in [0.5, 0.6) is 11.5 Å². The standard InChI is InChI=1S/C22H35BrO2/c1-3-4-5-6-7-8-9-10-11-12-13-14-15-16-19-17-20(25-2)18-21(24)22(19)23/h6-7,17-18,24H,3-5,8-16H2,1-2H3/b7-6-. The normalized spacial score (nSPS) is 11.3. The van der Waals surface area contributed by atoms with Crippen molar-refractivity contribution in [3.63, 3.8) is 0 Å². The largest absolute Gasteiger partial charge is 0.507 e. The molecular weight excluding hydrogens is 376 g/mol. The lowest BCUT2D eigenvalue weighted by molar-refractivity contribution is 0.406. The van der Waals surface area contributed by atoms with E-state index in [2.05, 4.69) is 35.0 Å². The van der Waals surface area contributed by atoms with Gasteiger partial charge in [-0.25, -0.2) is 0 Å². The molecule has 0 saturated carbocycles. The molecule has 3 heteroatoms. The Balaban J connectivity index is 2.04. The number of phenols is 1. The zero-order valence-corrected chi connectivity index (χ0v) is 17.6. The Morgan fingerprint density at radius 1 is 0.920 bits per heavy atom. The second-order valence-electron chi connectivity index (χ2n) is 6.75. The molecule has 0 aliphatic heterocycles. The highest BCUT2D eigenvalue weighted by atomic mass is 79.9. The van der Waals surface area contributed by atoms with Gasteiger partial charge >= 0.3 is 0 Å². The molecule has 0 spiro atoms. The van der Waals surface area contributed by atoms with Crippen LogP contribution in [0.1, 0.15) is 83.1 Å². The number of halogens is 1. The molecule has 0 heterocycles. The molecule has 25 heavy (non-hydrogen) atoms. The van der Waals surface area contributed by atoms with Gasteiger partial charge in [-0.15, -0.1) is 0 Å². The summed E-state index contributed by atoms with van der Waals surface area (Å²) >= 11 is 3.47. The van der Waals surface area contributed by atoms with Crippen molar-refractivity contribution in [1.29, 1.82) is 0 Å². The number of hydrogen-bond acceptors (Lipinski definition) is 2. The van der Waals surface area contributed by atoms with E-state index < -0.39 is 0 Å². The highest BCUT2D eigenvalue weighted by Crippen LogP contribution is 2.33. The number of rotatable bonds is 14.